The van der Waals surface area contributed by atoms with Gasteiger partial charge in [-0.3, -0.25) is 0 Å². The molecule has 1 aromatic heterocycles. The number of halogens is 1. The Kier molecular flexibility index (Phi) is 3.26. The lowest BCUT2D eigenvalue weighted by Crippen LogP contribution is -2.06. The smallest absolute Gasteiger partial charge is 0.168 e. The summed E-state index contributed by atoms with van der Waals surface area (Å²) in [6.07, 6.45) is 2.42. The average molecular weight is 285 g/mol. The maximum absolute atomic E-state index is 13.2. The Morgan fingerprint density at radius 3 is 2.90 bits per heavy atom. The van der Waals surface area contributed by atoms with Crippen molar-refractivity contribution in [2.45, 2.75) is 19.8 Å². The molecule has 1 aromatic carbocycles. The van der Waals surface area contributed by atoms with Crippen LogP contribution in [0.5, 0.6) is 0 Å². The molecular formula is C15H16FN5. The average Bonchev–Trinajstić information content (AvgIpc) is 3.22. The van der Waals surface area contributed by atoms with Gasteiger partial charge >= 0.3 is 0 Å². The van der Waals surface area contributed by atoms with Gasteiger partial charge in [0.2, 0.25) is 0 Å². The van der Waals surface area contributed by atoms with Gasteiger partial charge in [-0.05, 0) is 49.4 Å². The summed E-state index contributed by atoms with van der Waals surface area (Å²) in [4.78, 5) is 0. The number of nitrogens with zero attached hydrogens (tertiary/aromatic N) is 3. The fraction of sp³-hybridized carbons (Fsp3) is 0.333. The van der Waals surface area contributed by atoms with E-state index >= 15 is 0 Å². The molecule has 0 unspecified atom stereocenters. The molecule has 3 rings (SSSR count). The van der Waals surface area contributed by atoms with Gasteiger partial charge in [0.25, 0.3) is 0 Å². The van der Waals surface area contributed by atoms with Crippen LogP contribution in [0.2, 0.25) is 0 Å². The van der Waals surface area contributed by atoms with Crippen LogP contribution in [0.1, 0.15) is 24.0 Å². The number of nitrogen functional groups attached to an aromatic ring is 1. The van der Waals surface area contributed by atoms with Crippen molar-refractivity contribution in [3.8, 4) is 11.8 Å². The Balaban J connectivity index is 1.99. The fourth-order valence-electron chi connectivity index (χ4n) is 2.27. The summed E-state index contributed by atoms with van der Waals surface area (Å²) in [5.74, 6) is 1.11. The number of aryl methyl sites for hydroxylation is 1. The minimum atomic E-state index is -0.311. The van der Waals surface area contributed by atoms with Crippen LogP contribution in [0.4, 0.5) is 16.0 Å². The lowest BCUT2D eigenvalue weighted by atomic mass is 10.2. The Hall–Kier alpha value is -2.55. The first-order valence-electron chi connectivity index (χ1n) is 6.89. The molecule has 0 radical (unpaired) electrons. The molecule has 1 fully saturated rings. The highest BCUT2D eigenvalue weighted by Gasteiger charge is 2.23. The van der Waals surface area contributed by atoms with Crippen LogP contribution < -0.4 is 11.1 Å². The van der Waals surface area contributed by atoms with Crippen LogP contribution in [-0.4, -0.2) is 16.3 Å². The molecule has 0 aliphatic heterocycles. The maximum Gasteiger partial charge on any atom is 0.168 e. The van der Waals surface area contributed by atoms with E-state index < -0.39 is 0 Å². The van der Waals surface area contributed by atoms with Crippen molar-refractivity contribution >= 4 is 11.6 Å². The van der Waals surface area contributed by atoms with Crippen molar-refractivity contribution < 1.29 is 4.39 Å². The van der Waals surface area contributed by atoms with E-state index in [2.05, 4.69) is 16.5 Å². The second kappa shape index (κ2) is 5.09. The van der Waals surface area contributed by atoms with Gasteiger partial charge in [0, 0.05) is 6.54 Å². The third kappa shape index (κ3) is 2.55. The van der Waals surface area contributed by atoms with Crippen molar-refractivity contribution in [3.05, 3.63) is 35.1 Å². The first-order valence-corrected chi connectivity index (χ1v) is 6.89. The Morgan fingerprint density at radius 1 is 1.52 bits per heavy atom. The highest BCUT2D eigenvalue weighted by molar-refractivity contribution is 5.66. The van der Waals surface area contributed by atoms with Crippen LogP contribution in [0, 0.1) is 30.0 Å². The van der Waals surface area contributed by atoms with E-state index in [-0.39, 0.29) is 11.6 Å². The molecule has 5 nitrogen and oxygen atoms in total. The largest absolute Gasteiger partial charge is 0.382 e. The van der Waals surface area contributed by atoms with E-state index in [1.54, 1.807) is 13.0 Å². The molecule has 1 aliphatic rings. The minimum Gasteiger partial charge on any atom is -0.382 e. The van der Waals surface area contributed by atoms with E-state index in [4.69, 9.17) is 5.73 Å². The molecular weight excluding hydrogens is 269 g/mol. The molecule has 2 aromatic rings. The molecule has 0 bridgehead atoms. The van der Waals surface area contributed by atoms with E-state index in [1.165, 1.54) is 29.7 Å². The first kappa shape index (κ1) is 13.4. The van der Waals surface area contributed by atoms with Gasteiger partial charge in [0.05, 0.1) is 5.69 Å². The number of rotatable bonds is 4. The molecule has 6 heteroatoms. The summed E-state index contributed by atoms with van der Waals surface area (Å²) < 4.78 is 14.7. The van der Waals surface area contributed by atoms with Crippen LogP contribution in [-0.2, 0) is 0 Å². The van der Waals surface area contributed by atoms with Crippen LogP contribution in [0.25, 0.3) is 5.69 Å². The lowest BCUT2D eigenvalue weighted by molar-refractivity contribution is 0.625. The fourth-order valence-corrected chi connectivity index (χ4v) is 2.27. The number of benzene rings is 1. The molecule has 0 amide bonds. The van der Waals surface area contributed by atoms with Crippen molar-refractivity contribution in [2.24, 2.45) is 5.92 Å². The SMILES string of the molecule is Cc1cc(F)ccc1-n1nc(NCC2CC2)c(C#N)c1N. The Morgan fingerprint density at radius 2 is 2.29 bits per heavy atom. The summed E-state index contributed by atoms with van der Waals surface area (Å²) in [5.41, 5.74) is 7.73. The van der Waals surface area contributed by atoms with Gasteiger partial charge in [-0.2, -0.15) is 5.26 Å². The summed E-state index contributed by atoms with van der Waals surface area (Å²) in [5, 5.41) is 16.8. The normalized spacial score (nSPS) is 14.0. The van der Waals surface area contributed by atoms with E-state index in [0.717, 1.165) is 6.54 Å². The monoisotopic (exact) mass is 285 g/mol. The highest BCUT2D eigenvalue weighted by atomic mass is 19.1. The molecule has 0 spiro atoms. The zero-order valence-corrected chi connectivity index (χ0v) is 11.7. The third-order valence-electron chi connectivity index (χ3n) is 3.68. The van der Waals surface area contributed by atoms with E-state index in [1.807, 2.05) is 0 Å². The van der Waals surface area contributed by atoms with Gasteiger partial charge in [-0.15, -0.1) is 5.10 Å². The number of aromatic nitrogens is 2. The molecule has 21 heavy (non-hydrogen) atoms. The number of anilines is 2. The highest BCUT2D eigenvalue weighted by Crippen LogP contribution is 2.31. The zero-order chi connectivity index (χ0) is 15.0. The minimum absolute atomic E-state index is 0.269. The molecule has 0 saturated heterocycles. The molecule has 1 heterocycles. The second-order valence-corrected chi connectivity index (χ2v) is 5.39. The van der Waals surface area contributed by atoms with Gasteiger partial charge in [0.1, 0.15) is 23.3 Å². The Labute approximate surface area is 122 Å². The zero-order valence-electron chi connectivity index (χ0n) is 11.7. The summed E-state index contributed by atoms with van der Waals surface area (Å²) in [7, 11) is 0. The van der Waals surface area contributed by atoms with Gasteiger partial charge in [-0.1, -0.05) is 0 Å². The van der Waals surface area contributed by atoms with Crippen molar-refractivity contribution in [1.82, 2.24) is 9.78 Å². The topological polar surface area (TPSA) is 79.7 Å². The van der Waals surface area contributed by atoms with Gasteiger partial charge < -0.3 is 11.1 Å². The second-order valence-electron chi connectivity index (χ2n) is 5.39. The number of hydrogen-bond donors (Lipinski definition) is 2. The number of nitrogens with two attached hydrogens (primary N) is 1. The Bertz CT molecular complexity index is 724. The predicted octanol–water partition coefficient (Wildman–Crippen LogP) is 2.60. The van der Waals surface area contributed by atoms with Gasteiger partial charge in [-0.25, -0.2) is 9.07 Å². The quantitative estimate of drug-likeness (QED) is 0.905. The first-order chi connectivity index (χ1) is 10.1. The molecule has 1 saturated carbocycles. The standard InChI is InChI=1S/C15H16FN5/c1-9-6-11(16)4-5-13(9)21-14(18)12(7-17)15(20-21)19-8-10-2-3-10/h4-6,10H,2-3,8,18H2,1H3,(H,19,20). The van der Waals surface area contributed by atoms with Gasteiger partial charge in [0.15, 0.2) is 5.82 Å². The molecule has 108 valence electrons. The van der Waals surface area contributed by atoms with Crippen molar-refractivity contribution in [1.29, 1.82) is 5.26 Å². The van der Waals surface area contributed by atoms with Crippen LogP contribution >= 0.6 is 0 Å². The number of nitriles is 1. The summed E-state index contributed by atoms with van der Waals surface area (Å²) in [6.45, 7) is 2.58. The lowest BCUT2D eigenvalue weighted by Gasteiger charge is -2.07. The van der Waals surface area contributed by atoms with E-state index in [9.17, 15) is 9.65 Å². The summed E-state index contributed by atoms with van der Waals surface area (Å²) >= 11 is 0. The molecule has 1 aliphatic carbocycles. The van der Waals surface area contributed by atoms with E-state index in [0.29, 0.717) is 28.6 Å². The number of nitrogens with one attached hydrogen (secondary N) is 1. The molecule has 0 atom stereocenters. The van der Waals surface area contributed by atoms with Crippen molar-refractivity contribution in [3.63, 3.8) is 0 Å². The predicted molar refractivity (Wildman–Crippen MR) is 78.6 cm³/mol. The number of hydrogen-bond acceptors (Lipinski definition) is 4. The van der Waals surface area contributed by atoms with Crippen molar-refractivity contribution in [2.75, 3.05) is 17.6 Å². The molecule has 3 N–H and O–H groups in total. The van der Waals surface area contributed by atoms with Crippen LogP contribution in [0.3, 0.4) is 0 Å². The van der Waals surface area contributed by atoms with Crippen LogP contribution in [0.15, 0.2) is 18.2 Å². The third-order valence-corrected chi connectivity index (χ3v) is 3.68. The maximum atomic E-state index is 13.2. The summed E-state index contributed by atoms with van der Waals surface area (Å²) in [6, 6.07) is 6.47.